The number of hydrogen-bond donors (Lipinski definition) is 1. The van der Waals surface area contributed by atoms with Crippen molar-refractivity contribution in [2.75, 3.05) is 29.9 Å². The van der Waals surface area contributed by atoms with Gasteiger partial charge in [0.05, 0.1) is 22.9 Å². The van der Waals surface area contributed by atoms with Gasteiger partial charge in [-0.2, -0.15) is 5.26 Å². The molecule has 0 aromatic heterocycles. The first-order valence-electron chi connectivity index (χ1n) is 9.88. The number of hydrogen-bond acceptors (Lipinski definition) is 3. The lowest BCUT2D eigenvalue weighted by Crippen LogP contribution is -2.61. The highest BCUT2D eigenvalue weighted by Crippen LogP contribution is 2.59. The minimum Gasteiger partial charge on any atom is -0.371 e. The Morgan fingerprint density at radius 2 is 1.85 bits per heavy atom. The summed E-state index contributed by atoms with van der Waals surface area (Å²) in [7, 11) is 2.08. The van der Waals surface area contributed by atoms with Crippen molar-refractivity contribution in [1.82, 2.24) is 5.32 Å². The van der Waals surface area contributed by atoms with Crippen LogP contribution in [0.25, 0.3) is 0 Å². The van der Waals surface area contributed by atoms with Crippen molar-refractivity contribution in [3.63, 3.8) is 0 Å². The molecule has 5 heteroatoms. The topological polar surface area (TPSA) is 59.4 Å². The molecule has 6 rings (SSSR count). The van der Waals surface area contributed by atoms with Gasteiger partial charge in [0.15, 0.2) is 0 Å². The molecule has 1 aliphatic heterocycles. The van der Waals surface area contributed by atoms with Crippen molar-refractivity contribution in [1.29, 1.82) is 5.26 Å². The van der Waals surface area contributed by atoms with Crippen LogP contribution in [0.1, 0.15) is 32.1 Å². The predicted molar refractivity (Wildman–Crippen MR) is 101 cm³/mol. The fourth-order valence-corrected chi connectivity index (χ4v) is 6.33. The van der Waals surface area contributed by atoms with Gasteiger partial charge in [0.25, 0.3) is 0 Å². The first kappa shape index (κ1) is 16.0. The van der Waals surface area contributed by atoms with Crippen molar-refractivity contribution >= 4 is 17.4 Å². The maximum absolute atomic E-state index is 13.1. The molecule has 2 amide bonds. The molecular formula is C21H26N4O. The quantitative estimate of drug-likeness (QED) is 0.845. The number of carbonyl (C=O) groups is 1. The smallest absolute Gasteiger partial charge is 0.322 e. The summed E-state index contributed by atoms with van der Waals surface area (Å²) in [5.74, 6) is 1.66. The Morgan fingerprint density at radius 1 is 1.15 bits per heavy atom. The van der Waals surface area contributed by atoms with Crippen molar-refractivity contribution in [3.05, 3.63) is 24.3 Å². The molecule has 1 heterocycles. The average molecular weight is 350 g/mol. The van der Waals surface area contributed by atoms with E-state index in [2.05, 4.69) is 29.4 Å². The summed E-state index contributed by atoms with van der Waals surface area (Å²) in [6.45, 7) is 1.56. The van der Waals surface area contributed by atoms with Gasteiger partial charge in [-0.15, -0.1) is 0 Å². The number of para-hydroxylation sites is 2. The number of carbonyl (C=O) groups excluding carboxylic acids is 1. The molecule has 5 aliphatic rings. The van der Waals surface area contributed by atoms with E-state index in [1.54, 1.807) is 0 Å². The first-order chi connectivity index (χ1) is 12.6. The van der Waals surface area contributed by atoms with Crippen LogP contribution in [0.5, 0.6) is 0 Å². The highest BCUT2D eigenvalue weighted by atomic mass is 16.2. The molecular weight excluding hydrogens is 324 g/mol. The second-order valence-corrected chi connectivity index (χ2v) is 8.90. The second-order valence-electron chi connectivity index (χ2n) is 8.90. The van der Waals surface area contributed by atoms with Gasteiger partial charge in [0.2, 0.25) is 0 Å². The van der Waals surface area contributed by atoms with E-state index in [1.807, 2.05) is 23.1 Å². The van der Waals surface area contributed by atoms with E-state index in [-0.39, 0.29) is 17.5 Å². The molecule has 4 fully saturated rings. The fraction of sp³-hybridized carbons (Fsp3) is 0.619. The molecule has 1 aromatic carbocycles. The number of benzene rings is 1. The van der Waals surface area contributed by atoms with E-state index < -0.39 is 0 Å². The van der Waals surface area contributed by atoms with Crippen LogP contribution in [0.2, 0.25) is 0 Å². The zero-order valence-corrected chi connectivity index (χ0v) is 15.3. The van der Waals surface area contributed by atoms with Gasteiger partial charge in [-0.05, 0) is 62.0 Å². The molecule has 5 nitrogen and oxygen atoms in total. The van der Waals surface area contributed by atoms with Gasteiger partial charge in [0.1, 0.15) is 0 Å². The highest BCUT2D eigenvalue weighted by molar-refractivity contribution is 5.97. The molecule has 1 aromatic rings. The number of urea groups is 1. The van der Waals surface area contributed by atoms with E-state index in [4.69, 9.17) is 0 Å². The van der Waals surface area contributed by atoms with Gasteiger partial charge >= 0.3 is 6.03 Å². The standard InChI is InChI=1S/C21H26N4O/c1-24-6-7-25(18-5-3-2-4-17(18)24)20(26)23-19-15-8-14-9-16(19)12-21(10-14,11-15)13-22/h2-5,14-16,19H,6-12H2,1H3,(H,23,26). The van der Waals surface area contributed by atoms with E-state index >= 15 is 0 Å². The Balaban J connectivity index is 1.36. The minimum absolute atomic E-state index is 0.0361. The normalized spacial score (nSPS) is 37.2. The number of nitrogens with zero attached hydrogens (tertiary/aromatic N) is 3. The number of anilines is 2. The Bertz CT molecular complexity index is 768. The van der Waals surface area contributed by atoms with Gasteiger partial charge in [-0.1, -0.05) is 12.1 Å². The molecule has 2 unspecified atom stereocenters. The first-order valence-corrected chi connectivity index (χ1v) is 9.88. The third kappa shape index (κ3) is 2.31. The van der Waals surface area contributed by atoms with Gasteiger partial charge in [-0.25, -0.2) is 4.79 Å². The largest absolute Gasteiger partial charge is 0.371 e. The molecule has 4 saturated carbocycles. The lowest BCUT2D eigenvalue weighted by atomic mass is 9.48. The number of nitriles is 1. The van der Waals surface area contributed by atoms with Crippen molar-refractivity contribution < 1.29 is 4.79 Å². The maximum atomic E-state index is 13.1. The summed E-state index contributed by atoms with van der Waals surface area (Å²) in [4.78, 5) is 17.3. The van der Waals surface area contributed by atoms with E-state index in [9.17, 15) is 10.1 Å². The van der Waals surface area contributed by atoms with Gasteiger partial charge in [0, 0.05) is 26.2 Å². The zero-order chi connectivity index (χ0) is 17.9. The van der Waals surface area contributed by atoms with Crippen LogP contribution in [0.15, 0.2) is 24.3 Å². The molecule has 0 radical (unpaired) electrons. The Morgan fingerprint density at radius 3 is 2.54 bits per heavy atom. The zero-order valence-electron chi connectivity index (χ0n) is 15.3. The van der Waals surface area contributed by atoms with Crippen molar-refractivity contribution in [3.8, 4) is 6.07 Å². The van der Waals surface area contributed by atoms with E-state index in [0.29, 0.717) is 24.3 Å². The molecule has 136 valence electrons. The van der Waals surface area contributed by atoms with Crippen molar-refractivity contribution in [2.45, 2.75) is 38.1 Å². The number of fused-ring (bicyclic) bond motifs is 1. The summed E-state index contributed by atoms with van der Waals surface area (Å²) in [5, 5.41) is 13.1. The predicted octanol–water partition coefficient (Wildman–Crippen LogP) is 3.37. The monoisotopic (exact) mass is 350 g/mol. The van der Waals surface area contributed by atoms with E-state index in [1.165, 1.54) is 12.8 Å². The Labute approximate surface area is 155 Å². The molecule has 4 bridgehead atoms. The van der Waals surface area contributed by atoms with Crippen LogP contribution in [0.3, 0.4) is 0 Å². The summed E-state index contributed by atoms with van der Waals surface area (Å²) in [5.41, 5.74) is 2.01. The Kier molecular flexibility index (Phi) is 3.47. The van der Waals surface area contributed by atoms with Crippen LogP contribution < -0.4 is 15.1 Å². The van der Waals surface area contributed by atoms with Gasteiger partial charge < -0.3 is 10.2 Å². The summed E-state index contributed by atoms with van der Waals surface area (Å²) in [6.07, 6.45) is 5.40. The molecule has 4 aliphatic carbocycles. The SMILES string of the molecule is CN1CCN(C(=O)NC2C3CC4CC2CC(C#N)(C4)C3)c2ccccc21. The molecule has 2 atom stereocenters. The van der Waals surface area contributed by atoms with E-state index in [0.717, 1.165) is 37.2 Å². The highest BCUT2D eigenvalue weighted by Gasteiger charge is 2.56. The number of rotatable bonds is 1. The Hall–Kier alpha value is -2.22. The van der Waals surface area contributed by atoms with Crippen LogP contribution in [-0.2, 0) is 0 Å². The summed E-state index contributed by atoms with van der Waals surface area (Å²) >= 11 is 0. The second kappa shape index (κ2) is 5.64. The number of likely N-dealkylation sites (N-methyl/N-ethyl adjacent to an activating group) is 1. The third-order valence-electron chi connectivity index (χ3n) is 7.29. The van der Waals surface area contributed by atoms with Gasteiger partial charge in [-0.3, -0.25) is 4.90 Å². The van der Waals surface area contributed by atoms with Crippen LogP contribution >= 0.6 is 0 Å². The molecule has 1 N–H and O–H groups in total. The fourth-order valence-electron chi connectivity index (χ4n) is 6.33. The van der Waals surface area contributed by atoms with Crippen LogP contribution in [-0.4, -0.2) is 32.2 Å². The van der Waals surface area contributed by atoms with Crippen LogP contribution in [0, 0.1) is 34.5 Å². The van der Waals surface area contributed by atoms with Crippen LogP contribution in [0.4, 0.5) is 16.2 Å². The minimum atomic E-state index is -0.0990. The number of nitrogens with one attached hydrogen (secondary N) is 1. The molecule has 0 saturated heterocycles. The number of amides is 2. The summed E-state index contributed by atoms with van der Waals surface area (Å²) in [6, 6.07) is 11.0. The lowest BCUT2D eigenvalue weighted by Gasteiger charge is -2.57. The van der Waals surface area contributed by atoms with Crippen molar-refractivity contribution in [2.24, 2.45) is 23.2 Å². The molecule has 0 spiro atoms. The third-order valence-corrected chi connectivity index (χ3v) is 7.29. The lowest BCUT2D eigenvalue weighted by molar-refractivity contribution is -0.0435. The summed E-state index contributed by atoms with van der Waals surface area (Å²) < 4.78 is 0. The average Bonchev–Trinajstić information content (AvgIpc) is 2.64. The molecule has 26 heavy (non-hydrogen) atoms. The maximum Gasteiger partial charge on any atom is 0.322 e.